The molecular formula is C69H112O21. The van der Waals surface area contributed by atoms with E-state index in [2.05, 4.69) is 20.8 Å². The molecule has 6 rings (SSSR count). The number of hydrogen-bond donors (Lipinski definition) is 5. The highest BCUT2D eigenvalue weighted by molar-refractivity contribution is 5.87. The van der Waals surface area contributed by atoms with Crippen LogP contribution in [0.5, 0.6) is 0 Å². The van der Waals surface area contributed by atoms with Crippen LogP contribution < -0.4 is 0 Å². The molecule has 90 heavy (non-hydrogen) atoms. The van der Waals surface area contributed by atoms with E-state index in [0.717, 1.165) is 148 Å². The number of carbonyl (C=O) groups excluding carboxylic acids is 4. The molecule has 0 amide bonds. The molecule has 5 saturated heterocycles. The first-order valence-corrected chi connectivity index (χ1v) is 34.6. The van der Waals surface area contributed by atoms with Crippen molar-refractivity contribution in [3.05, 3.63) is 42.0 Å². The first-order valence-electron chi connectivity index (χ1n) is 34.6. The fourth-order valence-electron chi connectivity index (χ4n) is 12.6. The lowest BCUT2D eigenvalue weighted by molar-refractivity contribution is -0.387. The number of benzene rings is 1. The minimum Gasteiger partial charge on any atom is -0.457 e. The van der Waals surface area contributed by atoms with Crippen molar-refractivity contribution < 1.29 is 102 Å². The number of carbonyl (C=O) groups is 4. The van der Waals surface area contributed by atoms with Crippen molar-refractivity contribution in [3.8, 4) is 0 Å². The van der Waals surface area contributed by atoms with Gasteiger partial charge in [0.15, 0.2) is 49.6 Å². The summed E-state index contributed by atoms with van der Waals surface area (Å²) in [5.41, 5.74) is 0.692. The molecular weight excluding hydrogens is 1160 g/mol. The fraction of sp³-hybridized carbons (Fsp3) is 0.826. The van der Waals surface area contributed by atoms with E-state index in [1.807, 2.05) is 6.07 Å². The highest BCUT2D eigenvalue weighted by Crippen LogP contribution is 2.38. The predicted octanol–water partition coefficient (Wildman–Crippen LogP) is 10.1. The van der Waals surface area contributed by atoms with Crippen LogP contribution in [0.3, 0.4) is 0 Å². The summed E-state index contributed by atoms with van der Waals surface area (Å²) < 4.78 is 75.8. The van der Waals surface area contributed by atoms with Crippen LogP contribution in [0.1, 0.15) is 240 Å². The van der Waals surface area contributed by atoms with E-state index in [1.54, 1.807) is 52.0 Å². The van der Waals surface area contributed by atoms with Crippen LogP contribution in [-0.2, 0) is 76.0 Å². The van der Waals surface area contributed by atoms with Crippen LogP contribution in [0.2, 0.25) is 0 Å². The second-order valence-electron chi connectivity index (χ2n) is 25.6. The Morgan fingerprint density at radius 3 is 1.57 bits per heavy atom. The van der Waals surface area contributed by atoms with Crippen molar-refractivity contribution in [1.29, 1.82) is 0 Å². The maximum Gasteiger partial charge on any atom is 0.331 e. The molecule has 0 aliphatic carbocycles. The Morgan fingerprint density at radius 1 is 0.478 bits per heavy atom. The number of ether oxygens (including phenoxy) is 12. The van der Waals surface area contributed by atoms with Crippen molar-refractivity contribution >= 4 is 30.0 Å². The molecule has 1 aromatic rings. The molecule has 5 fully saturated rings. The normalized spacial score (nSPS) is 35.1. The first-order chi connectivity index (χ1) is 43.4. The largest absolute Gasteiger partial charge is 0.457 e. The lowest BCUT2D eigenvalue weighted by atomic mass is 9.95. The Morgan fingerprint density at radius 2 is 0.956 bits per heavy atom. The van der Waals surface area contributed by atoms with Gasteiger partial charge in [-0.05, 0) is 71.4 Å². The van der Waals surface area contributed by atoms with Gasteiger partial charge in [-0.2, -0.15) is 0 Å². The summed E-state index contributed by atoms with van der Waals surface area (Å²) >= 11 is 0. The van der Waals surface area contributed by atoms with Crippen LogP contribution in [0.4, 0.5) is 0 Å². The zero-order chi connectivity index (χ0) is 65.0. The topological polar surface area (TPSA) is 280 Å². The minimum absolute atomic E-state index is 0.0112. The minimum atomic E-state index is -1.79. The van der Waals surface area contributed by atoms with E-state index in [9.17, 15) is 44.7 Å². The SMILES string of the molecule is CCCCCCCCCC(=O)O[C@@H]1[C@@H](O)[C@@H](OC(=O)/C=C/c2ccccc2)[C@H](O[C@@H]2[C@@H](O)[C@@H](OC(=O)CCCCCCCCC)[C@H](O[C@@H]3[C@@H](O)[C@H]4OC(=O)CCCCCCCCCC(CCCCC)O[C@@H]5O[C@H](C)[C@H](O)[C@H](O)[C@H]5O[C@@H]4O[C@H]3C)O[C@H]2C)O[C@H]1C. The van der Waals surface area contributed by atoms with Crippen LogP contribution in [0.25, 0.3) is 6.08 Å². The average Bonchev–Trinajstić information content (AvgIpc) is 3.70. The van der Waals surface area contributed by atoms with Crippen LogP contribution in [0, 0.1) is 0 Å². The van der Waals surface area contributed by atoms with Gasteiger partial charge in [-0.15, -0.1) is 0 Å². The van der Waals surface area contributed by atoms with E-state index < -0.39 is 147 Å². The number of aliphatic hydroxyl groups is 5. The van der Waals surface area contributed by atoms with Gasteiger partial charge in [0, 0.05) is 25.3 Å². The number of rotatable bonds is 29. The third-order valence-corrected chi connectivity index (χ3v) is 18.0. The van der Waals surface area contributed by atoms with Gasteiger partial charge in [-0.3, -0.25) is 14.4 Å². The van der Waals surface area contributed by atoms with Crippen molar-refractivity contribution in [2.75, 3.05) is 0 Å². The van der Waals surface area contributed by atoms with Gasteiger partial charge in [0.1, 0.15) is 48.8 Å². The molecule has 21 nitrogen and oxygen atoms in total. The zero-order valence-electron chi connectivity index (χ0n) is 54.9. The van der Waals surface area contributed by atoms with Crippen LogP contribution in [-0.4, -0.2) is 178 Å². The standard InChI is InChI=1S/C69H112O21/c1-8-11-14-16-19-24-32-39-50(70)84-59-45(5)80-67(63(56(59)76)87-53(73)43-42-48-35-29-27-30-36-48)88-60-46(6)81-68(64(57(60)77)85-51(71)40-33-25-20-17-15-12-9-2)89-61-47(7)82-69-65(58(61)78)86-52(72)41-34-26-22-18-21-23-31-38-49(37-28-13-10-3)83-66-62(90-69)55(75)54(74)44(4)79-66/h27,29-30,35-36,42-47,49,54-69,74-78H,8-26,28,31-34,37-41H2,1-7H3/b43-42+/t44-,45+,46+,47+,49?,54+,55+,56-,57-,58-,59+,60+,61+,62-,63-,64-,65-,66+,67+,68+,69+/m1/s1. The summed E-state index contributed by atoms with van der Waals surface area (Å²) in [6.45, 7) is 12.7. The van der Waals surface area contributed by atoms with Gasteiger partial charge in [-0.25, -0.2) is 4.79 Å². The third-order valence-electron chi connectivity index (χ3n) is 18.0. The van der Waals surface area contributed by atoms with Crippen molar-refractivity contribution in [2.24, 2.45) is 0 Å². The molecule has 0 aromatic heterocycles. The van der Waals surface area contributed by atoms with Gasteiger partial charge in [-0.1, -0.05) is 186 Å². The number of fused-ring (bicyclic) bond motifs is 2. The van der Waals surface area contributed by atoms with E-state index in [4.69, 9.17) is 56.8 Å². The molecule has 21 heteroatoms. The Bertz CT molecular complexity index is 2220. The lowest BCUT2D eigenvalue weighted by Crippen LogP contribution is -2.67. The maximum atomic E-state index is 14.0. The van der Waals surface area contributed by atoms with Gasteiger partial charge < -0.3 is 82.4 Å². The average molecular weight is 1280 g/mol. The summed E-state index contributed by atoms with van der Waals surface area (Å²) in [5, 5.41) is 60.2. The number of aliphatic hydroxyl groups excluding tert-OH is 5. The van der Waals surface area contributed by atoms with Crippen molar-refractivity contribution in [3.63, 3.8) is 0 Å². The van der Waals surface area contributed by atoms with Gasteiger partial charge in [0.2, 0.25) is 0 Å². The number of hydrogen-bond acceptors (Lipinski definition) is 21. The third kappa shape index (κ3) is 24.0. The monoisotopic (exact) mass is 1280 g/mol. The Kier molecular flexibility index (Phi) is 33.9. The fourth-order valence-corrected chi connectivity index (χ4v) is 12.6. The summed E-state index contributed by atoms with van der Waals surface area (Å²) in [7, 11) is 0. The molecule has 5 aliphatic heterocycles. The predicted molar refractivity (Wildman–Crippen MR) is 333 cm³/mol. The molecule has 0 spiro atoms. The van der Waals surface area contributed by atoms with Gasteiger partial charge in [0.25, 0.3) is 0 Å². The second-order valence-corrected chi connectivity index (χ2v) is 25.6. The molecule has 5 aliphatic rings. The first kappa shape index (κ1) is 75.3. The smallest absolute Gasteiger partial charge is 0.331 e. The molecule has 21 atom stereocenters. The number of unbranched alkanes of at least 4 members (excludes halogenated alkanes) is 14. The summed E-state index contributed by atoms with van der Waals surface area (Å²) in [4.78, 5) is 54.8. The van der Waals surface area contributed by atoms with Gasteiger partial charge >= 0.3 is 23.9 Å². The van der Waals surface area contributed by atoms with Crippen molar-refractivity contribution in [2.45, 2.75) is 364 Å². The summed E-state index contributed by atoms with van der Waals surface area (Å²) in [5.74, 6) is -2.80. The van der Waals surface area contributed by atoms with Crippen molar-refractivity contribution in [1.82, 2.24) is 0 Å². The van der Waals surface area contributed by atoms with E-state index in [0.29, 0.717) is 24.8 Å². The summed E-state index contributed by atoms with van der Waals surface area (Å²) in [6.07, 6.45) is -2.49. The maximum absolute atomic E-state index is 14.0. The molecule has 0 bridgehead atoms. The van der Waals surface area contributed by atoms with E-state index in [-0.39, 0.29) is 25.4 Å². The molecule has 1 aromatic carbocycles. The molecule has 5 N–H and O–H groups in total. The highest BCUT2D eigenvalue weighted by Gasteiger charge is 2.57. The van der Waals surface area contributed by atoms with Crippen LogP contribution >= 0.6 is 0 Å². The number of esters is 4. The Hall–Kier alpha value is -3.68. The lowest BCUT2D eigenvalue weighted by Gasteiger charge is -2.49. The quantitative estimate of drug-likeness (QED) is 0.0216. The molecule has 1 unspecified atom stereocenters. The van der Waals surface area contributed by atoms with E-state index in [1.165, 1.54) is 12.2 Å². The van der Waals surface area contributed by atoms with Crippen LogP contribution in [0.15, 0.2) is 36.4 Å². The van der Waals surface area contributed by atoms with Gasteiger partial charge in [0.05, 0.1) is 30.5 Å². The molecule has 0 radical (unpaired) electrons. The summed E-state index contributed by atoms with van der Waals surface area (Å²) in [6, 6.07) is 9.00. The second kappa shape index (κ2) is 40.5. The molecule has 0 saturated carbocycles. The molecule has 5 heterocycles. The Balaban J connectivity index is 1.26. The zero-order valence-corrected chi connectivity index (χ0v) is 54.9. The Labute approximate surface area is 535 Å². The molecule has 514 valence electrons. The highest BCUT2D eigenvalue weighted by atomic mass is 16.8. The van der Waals surface area contributed by atoms with E-state index >= 15 is 0 Å².